The SMILES string of the molecule is O=C(NC[C@@H]1C[C@H](Cc2ccccc2)CCN1)Nc1cccc(F)c1. The molecule has 25 heavy (non-hydrogen) atoms. The van der Waals surface area contributed by atoms with Gasteiger partial charge in [0.25, 0.3) is 0 Å². The lowest BCUT2D eigenvalue weighted by atomic mass is 9.87. The van der Waals surface area contributed by atoms with E-state index in [0.717, 1.165) is 25.8 Å². The zero-order valence-electron chi connectivity index (χ0n) is 14.2. The molecule has 2 aromatic carbocycles. The van der Waals surface area contributed by atoms with Crippen LogP contribution in [0.4, 0.5) is 14.9 Å². The summed E-state index contributed by atoms with van der Waals surface area (Å²) in [5, 5.41) is 8.99. The highest BCUT2D eigenvalue weighted by Crippen LogP contribution is 2.21. The van der Waals surface area contributed by atoms with Gasteiger partial charge in [0, 0.05) is 18.3 Å². The van der Waals surface area contributed by atoms with E-state index >= 15 is 0 Å². The monoisotopic (exact) mass is 341 g/mol. The topological polar surface area (TPSA) is 53.2 Å². The van der Waals surface area contributed by atoms with Gasteiger partial charge in [-0.25, -0.2) is 9.18 Å². The van der Waals surface area contributed by atoms with Gasteiger partial charge in [-0.1, -0.05) is 36.4 Å². The summed E-state index contributed by atoms with van der Waals surface area (Å²) in [5.74, 6) is 0.261. The Morgan fingerprint density at radius 3 is 2.80 bits per heavy atom. The van der Waals surface area contributed by atoms with E-state index in [1.807, 2.05) is 6.07 Å². The maximum atomic E-state index is 13.1. The van der Waals surface area contributed by atoms with Crippen molar-refractivity contribution < 1.29 is 9.18 Å². The Kier molecular flexibility index (Phi) is 6.01. The molecule has 0 bridgehead atoms. The minimum Gasteiger partial charge on any atom is -0.336 e. The number of anilines is 1. The molecule has 4 nitrogen and oxygen atoms in total. The number of nitrogens with one attached hydrogen (secondary N) is 3. The minimum absolute atomic E-state index is 0.265. The summed E-state index contributed by atoms with van der Waals surface area (Å²) >= 11 is 0. The molecule has 132 valence electrons. The quantitative estimate of drug-likeness (QED) is 0.779. The number of carbonyl (C=O) groups is 1. The van der Waals surface area contributed by atoms with Crippen LogP contribution in [0, 0.1) is 11.7 Å². The van der Waals surface area contributed by atoms with Gasteiger partial charge in [0.15, 0.2) is 0 Å². The Bertz CT molecular complexity index is 692. The molecule has 1 saturated heterocycles. The number of hydrogen-bond donors (Lipinski definition) is 3. The Hall–Kier alpha value is -2.40. The number of urea groups is 1. The van der Waals surface area contributed by atoms with Crippen LogP contribution in [0.15, 0.2) is 54.6 Å². The van der Waals surface area contributed by atoms with Crippen LogP contribution in [0.2, 0.25) is 0 Å². The maximum absolute atomic E-state index is 13.1. The molecule has 0 aliphatic carbocycles. The number of piperidine rings is 1. The molecule has 2 aromatic rings. The molecule has 1 aliphatic heterocycles. The van der Waals surface area contributed by atoms with E-state index in [1.165, 1.54) is 17.7 Å². The van der Waals surface area contributed by atoms with Crippen molar-refractivity contribution in [3.63, 3.8) is 0 Å². The van der Waals surface area contributed by atoms with Crippen LogP contribution in [-0.4, -0.2) is 25.2 Å². The average molecular weight is 341 g/mol. The first kappa shape index (κ1) is 17.4. The predicted octanol–water partition coefficient (Wildman–Crippen LogP) is 3.56. The van der Waals surface area contributed by atoms with E-state index in [0.29, 0.717) is 18.2 Å². The third kappa shape index (κ3) is 5.57. The van der Waals surface area contributed by atoms with E-state index in [1.54, 1.807) is 12.1 Å². The van der Waals surface area contributed by atoms with Crippen LogP contribution in [0.5, 0.6) is 0 Å². The van der Waals surface area contributed by atoms with E-state index < -0.39 is 0 Å². The van der Waals surface area contributed by atoms with Crippen molar-refractivity contribution in [2.24, 2.45) is 5.92 Å². The highest BCUT2D eigenvalue weighted by atomic mass is 19.1. The molecule has 0 spiro atoms. The van der Waals surface area contributed by atoms with Crippen molar-refractivity contribution in [2.75, 3.05) is 18.4 Å². The summed E-state index contributed by atoms with van der Waals surface area (Å²) in [5.41, 5.74) is 1.82. The summed E-state index contributed by atoms with van der Waals surface area (Å²) in [6, 6.07) is 16.4. The third-order valence-electron chi connectivity index (χ3n) is 4.56. The van der Waals surface area contributed by atoms with Crippen molar-refractivity contribution in [3.05, 3.63) is 66.0 Å². The lowest BCUT2D eigenvalue weighted by Gasteiger charge is -2.30. The molecular formula is C20H24FN3O. The van der Waals surface area contributed by atoms with Gasteiger partial charge in [-0.3, -0.25) is 0 Å². The fourth-order valence-electron chi connectivity index (χ4n) is 3.34. The molecule has 0 aromatic heterocycles. The van der Waals surface area contributed by atoms with Crippen LogP contribution < -0.4 is 16.0 Å². The van der Waals surface area contributed by atoms with Crippen molar-refractivity contribution >= 4 is 11.7 Å². The van der Waals surface area contributed by atoms with Gasteiger partial charge in [-0.15, -0.1) is 0 Å². The van der Waals surface area contributed by atoms with Crippen LogP contribution in [-0.2, 0) is 6.42 Å². The van der Waals surface area contributed by atoms with Gasteiger partial charge in [-0.2, -0.15) is 0 Å². The van der Waals surface area contributed by atoms with Crippen molar-refractivity contribution in [1.29, 1.82) is 0 Å². The van der Waals surface area contributed by atoms with Crippen LogP contribution in [0.3, 0.4) is 0 Å². The lowest BCUT2D eigenvalue weighted by molar-refractivity contribution is 0.246. The smallest absolute Gasteiger partial charge is 0.319 e. The average Bonchev–Trinajstić information content (AvgIpc) is 2.61. The van der Waals surface area contributed by atoms with Crippen molar-refractivity contribution in [2.45, 2.75) is 25.3 Å². The summed E-state index contributed by atoms with van der Waals surface area (Å²) in [6.07, 6.45) is 3.27. The molecule has 1 heterocycles. The zero-order valence-corrected chi connectivity index (χ0v) is 14.2. The first-order valence-electron chi connectivity index (χ1n) is 8.77. The summed E-state index contributed by atoms with van der Waals surface area (Å²) in [7, 11) is 0. The Morgan fingerprint density at radius 1 is 1.16 bits per heavy atom. The first-order chi connectivity index (χ1) is 12.2. The number of benzene rings is 2. The number of carbonyl (C=O) groups excluding carboxylic acids is 1. The highest BCUT2D eigenvalue weighted by molar-refractivity contribution is 5.89. The number of halogens is 1. The first-order valence-corrected chi connectivity index (χ1v) is 8.77. The van der Waals surface area contributed by atoms with Gasteiger partial charge >= 0.3 is 6.03 Å². The van der Waals surface area contributed by atoms with E-state index in [2.05, 4.69) is 40.2 Å². The lowest BCUT2D eigenvalue weighted by Crippen LogP contribution is -2.47. The number of hydrogen-bond acceptors (Lipinski definition) is 2. The molecule has 0 unspecified atom stereocenters. The van der Waals surface area contributed by atoms with Gasteiger partial charge in [0.05, 0.1) is 0 Å². The largest absolute Gasteiger partial charge is 0.336 e. The standard InChI is InChI=1S/C20H24FN3O/c21-17-7-4-8-18(13-17)24-20(25)23-14-19-12-16(9-10-22-19)11-15-5-2-1-3-6-15/h1-8,13,16,19,22H,9-12,14H2,(H2,23,24,25)/t16-,19-/m0/s1. The highest BCUT2D eigenvalue weighted by Gasteiger charge is 2.22. The summed E-state index contributed by atoms with van der Waals surface area (Å²) in [4.78, 5) is 12.0. The molecule has 0 saturated carbocycles. The van der Waals surface area contributed by atoms with Gasteiger partial charge in [-0.05, 0) is 55.5 Å². The molecule has 1 fully saturated rings. The summed E-state index contributed by atoms with van der Waals surface area (Å²) in [6.45, 7) is 1.53. The van der Waals surface area contributed by atoms with Crippen molar-refractivity contribution in [1.82, 2.24) is 10.6 Å². The molecule has 0 radical (unpaired) electrons. The van der Waals surface area contributed by atoms with Crippen LogP contribution in [0.25, 0.3) is 0 Å². The predicted molar refractivity (Wildman–Crippen MR) is 98.1 cm³/mol. The number of rotatable bonds is 5. The number of amides is 2. The van der Waals surface area contributed by atoms with E-state index in [4.69, 9.17) is 0 Å². The Balaban J connectivity index is 1.44. The zero-order chi connectivity index (χ0) is 17.5. The van der Waals surface area contributed by atoms with Gasteiger partial charge in [0.1, 0.15) is 5.82 Å². The van der Waals surface area contributed by atoms with E-state index in [9.17, 15) is 9.18 Å². The molecule has 5 heteroatoms. The fourth-order valence-corrected chi connectivity index (χ4v) is 3.34. The molecule has 3 N–H and O–H groups in total. The Labute approximate surface area is 147 Å². The van der Waals surface area contributed by atoms with Crippen LogP contribution in [0.1, 0.15) is 18.4 Å². The normalized spacial score (nSPS) is 20.0. The second-order valence-corrected chi connectivity index (χ2v) is 6.58. The molecule has 1 aliphatic rings. The van der Waals surface area contributed by atoms with E-state index in [-0.39, 0.29) is 17.9 Å². The van der Waals surface area contributed by atoms with Crippen molar-refractivity contribution in [3.8, 4) is 0 Å². The second kappa shape index (κ2) is 8.62. The Morgan fingerprint density at radius 2 is 2.00 bits per heavy atom. The molecule has 2 atom stereocenters. The second-order valence-electron chi connectivity index (χ2n) is 6.58. The van der Waals surface area contributed by atoms with Gasteiger partial charge in [0.2, 0.25) is 0 Å². The fraction of sp³-hybridized carbons (Fsp3) is 0.350. The molecular weight excluding hydrogens is 317 g/mol. The molecule has 3 rings (SSSR count). The maximum Gasteiger partial charge on any atom is 0.319 e. The minimum atomic E-state index is -0.365. The van der Waals surface area contributed by atoms with Crippen LogP contribution >= 0.6 is 0 Å². The third-order valence-corrected chi connectivity index (χ3v) is 4.56. The van der Waals surface area contributed by atoms with Gasteiger partial charge < -0.3 is 16.0 Å². The molecule has 2 amide bonds. The summed E-state index contributed by atoms with van der Waals surface area (Å²) < 4.78 is 13.1.